The molecule has 7 heteroatoms. The number of likely N-dealkylation sites (tertiary alicyclic amines) is 1. The van der Waals surface area contributed by atoms with Crippen LogP contribution in [0, 0.1) is 0 Å². The molecular formula is C14H19N3O4. The summed E-state index contributed by atoms with van der Waals surface area (Å²) in [7, 11) is 0. The van der Waals surface area contributed by atoms with Gasteiger partial charge in [0.1, 0.15) is 18.5 Å². The van der Waals surface area contributed by atoms with Crippen LogP contribution in [0.3, 0.4) is 0 Å². The number of rotatable bonds is 3. The maximum absolute atomic E-state index is 12.1. The molecule has 0 N–H and O–H groups in total. The predicted molar refractivity (Wildman–Crippen MR) is 73.0 cm³/mol. The SMILES string of the molecule is O=C(OC1CCOCC1)N1CC[C@@H](Oc2ccncn2)C1. The monoisotopic (exact) mass is 293 g/mol. The highest BCUT2D eigenvalue weighted by molar-refractivity contribution is 5.68. The molecule has 1 atom stereocenters. The van der Waals surface area contributed by atoms with Gasteiger partial charge >= 0.3 is 6.09 Å². The Labute approximate surface area is 123 Å². The van der Waals surface area contributed by atoms with Crippen molar-refractivity contribution in [2.24, 2.45) is 0 Å². The molecule has 7 nitrogen and oxygen atoms in total. The fourth-order valence-corrected chi connectivity index (χ4v) is 2.52. The van der Waals surface area contributed by atoms with E-state index in [2.05, 4.69) is 9.97 Å². The summed E-state index contributed by atoms with van der Waals surface area (Å²) in [5.74, 6) is 0.537. The Balaban J connectivity index is 1.46. The molecule has 2 saturated heterocycles. The first-order chi connectivity index (χ1) is 10.3. The van der Waals surface area contributed by atoms with Crippen LogP contribution >= 0.6 is 0 Å². The molecule has 0 unspecified atom stereocenters. The third kappa shape index (κ3) is 3.81. The first-order valence-corrected chi connectivity index (χ1v) is 7.27. The van der Waals surface area contributed by atoms with Gasteiger partial charge in [-0.15, -0.1) is 0 Å². The number of carbonyl (C=O) groups is 1. The number of hydrogen-bond acceptors (Lipinski definition) is 6. The summed E-state index contributed by atoms with van der Waals surface area (Å²) in [6.45, 7) is 2.51. The third-order valence-electron chi connectivity index (χ3n) is 3.68. The minimum atomic E-state index is -0.254. The summed E-state index contributed by atoms with van der Waals surface area (Å²) >= 11 is 0. The maximum Gasteiger partial charge on any atom is 0.410 e. The highest BCUT2D eigenvalue weighted by atomic mass is 16.6. The van der Waals surface area contributed by atoms with Gasteiger partial charge in [-0.1, -0.05) is 0 Å². The average Bonchev–Trinajstić information content (AvgIpc) is 2.98. The Morgan fingerprint density at radius 3 is 2.90 bits per heavy atom. The van der Waals surface area contributed by atoms with E-state index in [-0.39, 0.29) is 18.3 Å². The second kappa shape index (κ2) is 6.71. The zero-order chi connectivity index (χ0) is 14.5. The highest BCUT2D eigenvalue weighted by Gasteiger charge is 2.30. The second-order valence-electron chi connectivity index (χ2n) is 5.22. The maximum atomic E-state index is 12.1. The van der Waals surface area contributed by atoms with Crippen molar-refractivity contribution in [1.29, 1.82) is 0 Å². The van der Waals surface area contributed by atoms with E-state index in [1.54, 1.807) is 17.2 Å². The fraction of sp³-hybridized carbons (Fsp3) is 0.643. The third-order valence-corrected chi connectivity index (χ3v) is 3.68. The van der Waals surface area contributed by atoms with Crippen molar-refractivity contribution < 1.29 is 19.0 Å². The van der Waals surface area contributed by atoms with Crippen molar-refractivity contribution in [3.05, 3.63) is 18.6 Å². The number of amides is 1. The van der Waals surface area contributed by atoms with Crippen LogP contribution in [-0.2, 0) is 9.47 Å². The van der Waals surface area contributed by atoms with Crippen molar-refractivity contribution >= 4 is 6.09 Å². The van der Waals surface area contributed by atoms with Gasteiger partial charge in [-0.25, -0.2) is 14.8 Å². The van der Waals surface area contributed by atoms with Crippen LogP contribution in [0.5, 0.6) is 5.88 Å². The summed E-state index contributed by atoms with van der Waals surface area (Å²) in [4.78, 5) is 21.7. The van der Waals surface area contributed by atoms with E-state index in [0.29, 0.717) is 32.2 Å². The first-order valence-electron chi connectivity index (χ1n) is 7.27. The van der Waals surface area contributed by atoms with Gasteiger partial charge < -0.3 is 19.1 Å². The molecule has 0 saturated carbocycles. The fourth-order valence-electron chi connectivity index (χ4n) is 2.52. The molecule has 3 rings (SSSR count). The van der Waals surface area contributed by atoms with Gasteiger partial charge in [-0.3, -0.25) is 0 Å². The van der Waals surface area contributed by atoms with Crippen LogP contribution in [0.25, 0.3) is 0 Å². The zero-order valence-electron chi connectivity index (χ0n) is 11.8. The molecule has 2 aliphatic heterocycles. The minimum Gasteiger partial charge on any atom is -0.472 e. The molecule has 0 radical (unpaired) electrons. The van der Waals surface area contributed by atoms with Crippen molar-refractivity contribution in [1.82, 2.24) is 14.9 Å². The largest absolute Gasteiger partial charge is 0.472 e. The molecular weight excluding hydrogens is 274 g/mol. The molecule has 21 heavy (non-hydrogen) atoms. The van der Waals surface area contributed by atoms with E-state index < -0.39 is 0 Å². The Morgan fingerprint density at radius 2 is 2.14 bits per heavy atom. The number of carbonyl (C=O) groups excluding carboxylic acids is 1. The van der Waals surface area contributed by atoms with Crippen molar-refractivity contribution in [3.63, 3.8) is 0 Å². The smallest absolute Gasteiger partial charge is 0.410 e. The highest BCUT2D eigenvalue weighted by Crippen LogP contribution is 2.18. The average molecular weight is 293 g/mol. The summed E-state index contributed by atoms with van der Waals surface area (Å²) in [5, 5.41) is 0. The van der Waals surface area contributed by atoms with Gasteiger partial charge in [0.25, 0.3) is 0 Å². The summed E-state index contributed by atoms with van der Waals surface area (Å²) in [5.41, 5.74) is 0. The number of aromatic nitrogens is 2. The van der Waals surface area contributed by atoms with Gasteiger partial charge in [0, 0.05) is 38.1 Å². The number of hydrogen-bond donors (Lipinski definition) is 0. The summed E-state index contributed by atoms with van der Waals surface area (Å²) < 4.78 is 16.5. The lowest BCUT2D eigenvalue weighted by molar-refractivity contribution is -0.00898. The number of nitrogens with zero attached hydrogens (tertiary/aromatic N) is 3. The minimum absolute atomic E-state index is 0.0203. The molecule has 0 aliphatic carbocycles. The molecule has 1 aromatic heterocycles. The Morgan fingerprint density at radius 1 is 1.29 bits per heavy atom. The van der Waals surface area contributed by atoms with Crippen LogP contribution in [0.15, 0.2) is 18.6 Å². The van der Waals surface area contributed by atoms with E-state index in [0.717, 1.165) is 19.3 Å². The van der Waals surface area contributed by atoms with Gasteiger partial charge in [-0.05, 0) is 0 Å². The van der Waals surface area contributed by atoms with Crippen LogP contribution in [0.2, 0.25) is 0 Å². The molecule has 3 heterocycles. The molecule has 114 valence electrons. The Bertz CT molecular complexity index is 465. The van der Waals surface area contributed by atoms with Gasteiger partial charge in [-0.2, -0.15) is 0 Å². The second-order valence-corrected chi connectivity index (χ2v) is 5.22. The van der Waals surface area contributed by atoms with Crippen molar-refractivity contribution in [3.8, 4) is 5.88 Å². The van der Waals surface area contributed by atoms with Crippen LogP contribution in [0.1, 0.15) is 19.3 Å². The lowest BCUT2D eigenvalue weighted by Gasteiger charge is -2.25. The van der Waals surface area contributed by atoms with E-state index in [4.69, 9.17) is 14.2 Å². The molecule has 0 aromatic carbocycles. The lowest BCUT2D eigenvalue weighted by atomic mass is 10.2. The number of ether oxygens (including phenoxy) is 3. The lowest BCUT2D eigenvalue weighted by Crippen LogP contribution is -2.36. The van der Waals surface area contributed by atoms with E-state index in [1.165, 1.54) is 6.33 Å². The standard InChI is InChI=1S/C14H19N3O4/c18-14(21-11-3-7-19-8-4-11)17-6-2-12(9-17)20-13-1-5-15-10-16-13/h1,5,10-12H,2-4,6-9H2/t12-/m1/s1. The molecule has 0 bridgehead atoms. The van der Waals surface area contributed by atoms with Crippen molar-refractivity contribution in [2.75, 3.05) is 26.3 Å². The normalized spacial score (nSPS) is 23.0. The van der Waals surface area contributed by atoms with Crippen molar-refractivity contribution in [2.45, 2.75) is 31.5 Å². The topological polar surface area (TPSA) is 73.8 Å². The van der Waals surface area contributed by atoms with Gasteiger partial charge in [0.2, 0.25) is 5.88 Å². The zero-order valence-corrected chi connectivity index (χ0v) is 11.8. The van der Waals surface area contributed by atoms with E-state index in [1.807, 2.05) is 0 Å². The first kappa shape index (κ1) is 14.1. The molecule has 0 spiro atoms. The van der Waals surface area contributed by atoms with Gasteiger partial charge in [0.15, 0.2) is 0 Å². The molecule has 2 aliphatic rings. The molecule has 1 aromatic rings. The molecule has 2 fully saturated rings. The van der Waals surface area contributed by atoms with Gasteiger partial charge in [0.05, 0.1) is 19.8 Å². The van der Waals surface area contributed by atoms with E-state index in [9.17, 15) is 4.79 Å². The Hall–Kier alpha value is -1.89. The summed E-state index contributed by atoms with van der Waals surface area (Å²) in [6, 6.07) is 1.71. The quantitative estimate of drug-likeness (QED) is 0.835. The predicted octanol–water partition coefficient (Wildman–Crippen LogP) is 1.25. The van der Waals surface area contributed by atoms with E-state index >= 15 is 0 Å². The van der Waals surface area contributed by atoms with Crippen LogP contribution in [0.4, 0.5) is 4.79 Å². The summed E-state index contributed by atoms with van der Waals surface area (Å²) in [6.07, 6.45) is 5.11. The Kier molecular flexibility index (Phi) is 4.49. The van der Waals surface area contributed by atoms with Crippen LogP contribution in [-0.4, -0.2) is 59.5 Å². The van der Waals surface area contributed by atoms with Crippen LogP contribution < -0.4 is 4.74 Å². The molecule has 1 amide bonds.